The number of carbonyl (C=O) groups is 1. The van der Waals surface area contributed by atoms with Crippen molar-refractivity contribution >= 4 is 12.0 Å². The molecule has 0 aliphatic heterocycles. The Kier molecular flexibility index (Phi) is 6.89. The standard InChI is InChI=1S/C20H22O5/c1-15-5-4-6-17(11-15)24-9-10-25-20(21)8-7-16-12-18(22-2)14-19(13-16)23-3/h4-8,11-14H,9-10H2,1-3H3/b8-7+. The van der Waals surface area contributed by atoms with Crippen LogP contribution in [0.3, 0.4) is 0 Å². The summed E-state index contributed by atoms with van der Waals surface area (Å²) in [6.45, 7) is 2.47. The molecule has 5 nitrogen and oxygen atoms in total. The molecule has 0 radical (unpaired) electrons. The number of aryl methyl sites for hydroxylation is 1. The number of carbonyl (C=O) groups excluding carboxylic acids is 1. The number of esters is 1. The Morgan fingerprint density at radius 1 is 0.960 bits per heavy atom. The van der Waals surface area contributed by atoms with E-state index in [1.54, 1.807) is 38.5 Å². The van der Waals surface area contributed by atoms with Crippen molar-refractivity contribution in [2.45, 2.75) is 6.92 Å². The number of benzene rings is 2. The molecule has 2 aromatic rings. The number of ether oxygens (including phenoxy) is 4. The van der Waals surface area contributed by atoms with Crippen molar-refractivity contribution in [1.82, 2.24) is 0 Å². The normalized spacial score (nSPS) is 10.5. The fourth-order valence-electron chi connectivity index (χ4n) is 2.14. The minimum atomic E-state index is -0.436. The highest BCUT2D eigenvalue weighted by molar-refractivity contribution is 5.87. The summed E-state index contributed by atoms with van der Waals surface area (Å²) in [5.74, 6) is 1.63. The fourth-order valence-corrected chi connectivity index (χ4v) is 2.14. The molecule has 0 heterocycles. The van der Waals surface area contributed by atoms with Gasteiger partial charge in [-0.1, -0.05) is 12.1 Å². The lowest BCUT2D eigenvalue weighted by molar-refractivity contribution is -0.138. The SMILES string of the molecule is COc1cc(/C=C/C(=O)OCCOc2cccc(C)c2)cc(OC)c1. The van der Waals surface area contributed by atoms with Gasteiger partial charge in [0.25, 0.3) is 0 Å². The lowest BCUT2D eigenvalue weighted by atomic mass is 10.2. The molecule has 0 fully saturated rings. The van der Waals surface area contributed by atoms with Crippen molar-refractivity contribution in [3.63, 3.8) is 0 Å². The quantitative estimate of drug-likeness (QED) is 0.416. The predicted octanol–water partition coefficient (Wildman–Crippen LogP) is 3.65. The first-order valence-electron chi connectivity index (χ1n) is 7.88. The summed E-state index contributed by atoms with van der Waals surface area (Å²) in [6, 6.07) is 13.1. The highest BCUT2D eigenvalue weighted by atomic mass is 16.6. The summed E-state index contributed by atoms with van der Waals surface area (Å²) in [5.41, 5.74) is 1.90. The van der Waals surface area contributed by atoms with Gasteiger partial charge in [0.1, 0.15) is 30.5 Å². The van der Waals surface area contributed by atoms with Crippen molar-refractivity contribution < 1.29 is 23.7 Å². The van der Waals surface area contributed by atoms with Gasteiger partial charge >= 0.3 is 5.97 Å². The zero-order valence-electron chi connectivity index (χ0n) is 14.7. The van der Waals surface area contributed by atoms with E-state index >= 15 is 0 Å². The van der Waals surface area contributed by atoms with Crippen molar-refractivity contribution in [1.29, 1.82) is 0 Å². The van der Waals surface area contributed by atoms with Gasteiger partial charge in [0, 0.05) is 12.1 Å². The molecule has 0 spiro atoms. The summed E-state index contributed by atoms with van der Waals surface area (Å²) in [5, 5.41) is 0. The molecule has 0 aromatic heterocycles. The van der Waals surface area contributed by atoms with Crippen molar-refractivity contribution in [2.24, 2.45) is 0 Å². The molecule has 0 amide bonds. The molecule has 0 N–H and O–H groups in total. The molecule has 0 bridgehead atoms. The van der Waals surface area contributed by atoms with E-state index in [0.717, 1.165) is 16.9 Å². The van der Waals surface area contributed by atoms with E-state index in [4.69, 9.17) is 18.9 Å². The van der Waals surface area contributed by atoms with Crippen LogP contribution < -0.4 is 14.2 Å². The van der Waals surface area contributed by atoms with Gasteiger partial charge < -0.3 is 18.9 Å². The highest BCUT2D eigenvalue weighted by Crippen LogP contribution is 2.23. The number of rotatable bonds is 8. The van der Waals surface area contributed by atoms with Gasteiger partial charge in [-0.05, 0) is 48.4 Å². The van der Waals surface area contributed by atoms with Crippen LogP contribution >= 0.6 is 0 Å². The van der Waals surface area contributed by atoms with Gasteiger partial charge in [-0.15, -0.1) is 0 Å². The summed E-state index contributed by atoms with van der Waals surface area (Å²) >= 11 is 0. The van der Waals surface area contributed by atoms with Crippen molar-refractivity contribution in [3.8, 4) is 17.2 Å². The second kappa shape index (κ2) is 9.37. The summed E-state index contributed by atoms with van der Waals surface area (Å²) < 4.78 is 21.0. The van der Waals surface area contributed by atoms with Crippen molar-refractivity contribution in [3.05, 3.63) is 59.7 Å². The molecule has 25 heavy (non-hydrogen) atoms. The molecular formula is C20H22O5. The lowest BCUT2D eigenvalue weighted by Gasteiger charge is -2.07. The molecule has 0 aliphatic carbocycles. The van der Waals surface area contributed by atoms with E-state index in [-0.39, 0.29) is 6.61 Å². The second-order valence-corrected chi connectivity index (χ2v) is 5.31. The van der Waals surface area contributed by atoms with Gasteiger partial charge in [0.2, 0.25) is 0 Å². The van der Waals surface area contributed by atoms with Crippen LogP contribution in [0.2, 0.25) is 0 Å². The van der Waals surface area contributed by atoms with E-state index < -0.39 is 5.97 Å². The van der Waals surface area contributed by atoms with Gasteiger partial charge in [0.05, 0.1) is 14.2 Å². The highest BCUT2D eigenvalue weighted by Gasteiger charge is 2.02. The topological polar surface area (TPSA) is 54.0 Å². The Morgan fingerprint density at radius 3 is 2.32 bits per heavy atom. The van der Waals surface area contributed by atoms with Crippen LogP contribution in [0.4, 0.5) is 0 Å². The molecule has 2 aromatic carbocycles. The maximum absolute atomic E-state index is 11.8. The van der Waals surface area contributed by atoms with Crippen LogP contribution in [-0.4, -0.2) is 33.4 Å². The Labute approximate surface area is 147 Å². The zero-order chi connectivity index (χ0) is 18.1. The maximum Gasteiger partial charge on any atom is 0.330 e. The van der Waals surface area contributed by atoms with Crippen molar-refractivity contribution in [2.75, 3.05) is 27.4 Å². The van der Waals surface area contributed by atoms with Gasteiger partial charge in [-0.3, -0.25) is 0 Å². The van der Waals surface area contributed by atoms with Crippen LogP contribution in [0.25, 0.3) is 6.08 Å². The second-order valence-electron chi connectivity index (χ2n) is 5.31. The molecule has 0 saturated heterocycles. The smallest absolute Gasteiger partial charge is 0.330 e. The summed E-state index contributed by atoms with van der Waals surface area (Å²) in [7, 11) is 3.15. The fraction of sp³-hybridized carbons (Fsp3) is 0.250. The minimum Gasteiger partial charge on any atom is -0.497 e. The van der Waals surface area contributed by atoms with E-state index in [0.29, 0.717) is 18.1 Å². The minimum absolute atomic E-state index is 0.179. The zero-order valence-corrected chi connectivity index (χ0v) is 14.7. The van der Waals surface area contributed by atoms with Gasteiger partial charge in [0.15, 0.2) is 0 Å². The third-order valence-electron chi connectivity index (χ3n) is 3.37. The molecule has 0 atom stereocenters. The number of methoxy groups -OCH3 is 2. The predicted molar refractivity (Wildman–Crippen MR) is 96.2 cm³/mol. The number of hydrogen-bond donors (Lipinski definition) is 0. The number of hydrogen-bond acceptors (Lipinski definition) is 5. The molecule has 0 unspecified atom stereocenters. The molecule has 0 saturated carbocycles. The third-order valence-corrected chi connectivity index (χ3v) is 3.37. The largest absolute Gasteiger partial charge is 0.497 e. The molecule has 2 rings (SSSR count). The Bertz CT molecular complexity index is 714. The summed E-state index contributed by atoms with van der Waals surface area (Å²) in [6.07, 6.45) is 3.01. The average Bonchev–Trinajstić information content (AvgIpc) is 2.63. The van der Waals surface area contributed by atoms with Crippen LogP contribution in [0.1, 0.15) is 11.1 Å². The molecule has 5 heteroatoms. The lowest BCUT2D eigenvalue weighted by Crippen LogP contribution is -2.10. The Hall–Kier alpha value is -2.95. The van der Waals surface area contributed by atoms with Crippen LogP contribution in [-0.2, 0) is 9.53 Å². The molecule has 0 aliphatic rings. The average molecular weight is 342 g/mol. The van der Waals surface area contributed by atoms with Crippen LogP contribution in [0.15, 0.2) is 48.5 Å². The van der Waals surface area contributed by atoms with E-state index in [9.17, 15) is 4.79 Å². The van der Waals surface area contributed by atoms with Crippen LogP contribution in [0, 0.1) is 6.92 Å². The first kappa shape index (κ1) is 18.4. The first-order valence-corrected chi connectivity index (χ1v) is 7.88. The van der Waals surface area contributed by atoms with E-state index in [2.05, 4.69) is 0 Å². The van der Waals surface area contributed by atoms with Crippen LogP contribution in [0.5, 0.6) is 17.2 Å². The van der Waals surface area contributed by atoms with E-state index in [1.807, 2.05) is 31.2 Å². The Balaban J connectivity index is 1.80. The molecule has 132 valence electrons. The third kappa shape index (κ3) is 6.22. The monoisotopic (exact) mass is 342 g/mol. The summed E-state index contributed by atoms with van der Waals surface area (Å²) in [4.78, 5) is 11.8. The first-order chi connectivity index (χ1) is 12.1. The Morgan fingerprint density at radius 2 is 1.68 bits per heavy atom. The van der Waals surface area contributed by atoms with Gasteiger partial charge in [-0.2, -0.15) is 0 Å². The van der Waals surface area contributed by atoms with Gasteiger partial charge in [-0.25, -0.2) is 4.79 Å². The molecular weight excluding hydrogens is 320 g/mol. The maximum atomic E-state index is 11.8. The van der Waals surface area contributed by atoms with E-state index in [1.165, 1.54) is 6.08 Å².